The van der Waals surface area contributed by atoms with Gasteiger partial charge in [0.15, 0.2) is 5.25 Å². The van der Waals surface area contributed by atoms with Crippen molar-refractivity contribution in [1.82, 2.24) is 4.72 Å². The van der Waals surface area contributed by atoms with Crippen LogP contribution in [-0.4, -0.2) is 31.3 Å². The highest BCUT2D eigenvalue weighted by molar-refractivity contribution is 7.90. The highest BCUT2D eigenvalue weighted by Crippen LogP contribution is 1.97. The SMILES string of the molecule is C=CCNS(=O)(=O)C(C)C(=O)O. The number of hydrogen-bond acceptors (Lipinski definition) is 3. The molecule has 0 heterocycles. The predicted molar refractivity (Wildman–Crippen MR) is 44.2 cm³/mol. The van der Waals surface area contributed by atoms with Crippen LogP contribution in [0.3, 0.4) is 0 Å². The number of hydrogen-bond donors (Lipinski definition) is 2. The lowest BCUT2D eigenvalue weighted by Crippen LogP contribution is -2.37. The van der Waals surface area contributed by atoms with E-state index in [0.717, 1.165) is 6.92 Å². The molecule has 5 nitrogen and oxygen atoms in total. The first kappa shape index (κ1) is 11.1. The Morgan fingerprint density at radius 3 is 2.58 bits per heavy atom. The number of rotatable bonds is 5. The van der Waals surface area contributed by atoms with Crippen molar-refractivity contribution in [1.29, 1.82) is 0 Å². The lowest BCUT2D eigenvalue weighted by atomic mass is 10.5. The molecule has 0 fully saturated rings. The average molecular weight is 193 g/mol. The summed E-state index contributed by atoms with van der Waals surface area (Å²) in [6.45, 7) is 4.44. The maximum atomic E-state index is 11.0. The number of aliphatic carboxylic acids is 1. The van der Waals surface area contributed by atoms with Gasteiger partial charge in [-0.05, 0) is 6.92 Å². The fourth-order valence-corrected chi connectivity index (χ4v) is 1.30. The Bertz CT molecular complexity index is 269. The van der Waals surface area contributed by atoms with Crippen LogP contribution >= 0.6 is 0 Å². The highest BCUT2D eigenvalue weighted by Gasteiger charge is 2.26. The van der Waals surface area contributed by atoms with Crippen LogP contribution in [0.4, 0.5) is 0 Å². The number of carboxylic acid groups (broad SMARTS) is 1. The fourth-order valence-electron chi connectivity index (χ4n) is 0.433. The molecule has 0 amide bonds. The fraction of sp³-hybridized carbons (Fsp3) is 0.500. The Morgan fingerprint density at radius 2 is 2.25 bits per heavy atom. The molecule has 0 rings (SSSR count). The Balaban J connectivity index is 4.40. The topological polar surface area (TPSA) is 83.5 Å². The van der Waals surface area contributed by atoms with Crippen LogP contribution in [0.1, 0.15) is 6.92 Å². The van der Waals surface area contributed by atoms with Crippen molar-refractivity contribution in [3.8, 4) is 0 Å². The molecule has 1 unspecified atom stereocenters. The third-order valence-corrected chi connectivity index (χ3v) is 2.94. The maximum absolute atomic E-state index is 11.0. The van der Waals surface area contributed by atoms with Crippen molar-refractivity contribution in [2.45, 2.75) is 12.2 Å². The minimum absolute atomic E-state index is 0.0416. The van der Waals surface area contributed by atoms with Gasteiger partial charge < -0.3 is 5.11 Å². The number of nitrogens with one attached hydrogen (secondary N) is 1. The van der Waals surface area contributed by atoms with E-state index < -0.39 is 21.2 Å². The van der Waals surface area contributed by atoms with Gasteiger partial charge in [-0.25, -0.2) is 13.1 Å². The lowest BCUT2D eigenvalue weighted by Gasteiger charge is -2.07. The molecule has 0 aromatic heterocycles. The van der Waals surface area contributed by atoms with Gasteiger partial charge in [0, 0.05) is 6.54 Å². The molecule has 0 spiro atoms. The highest BCUT2D eigenvalue weighted by atomic mass is 32.2. The molecular formula is C6H11NO4S. The van der Waals surface area contributed by atoms with Gasteiger partial charge in [-0.2, -0.15) is 0 Å². The molecule has 0 aliphatic heterocycles. The minimum Gasteiger partial charge on any atom is -0.480 e. The minimum atomic E-state index is -3.74. The molecule has 0 aliphatic rings. The van der Waals surface area contributed by atoms with E-state index in [1.807, 2.05) is 0 Å². The normalized spacial score (nSPS) is 13.8. The molecule has 0 aromatic carbocycles. The summed E-state index contributed by atoms with van der Waals surface area (Å²) < 4.78 is 24.0. The van der Waals surface area contributed by atoms with Gasteiger partial charge in [-0.3, -0.25) is 4.79 Å². The van der Waals surface area contributed by atoms with Crippen molar-refractivity contribution in [3.63, 3.8) is 0 Å². The largest absolute Gasteiger partial charge is 0.480 e. The molecule has 1 atom stereocenters. The summed E-state index contributed by atoms with van der Waals surface area (Å²) in [4.78, 5) is 10.3. The summed E-state index contributed by atoms with van der Waals surface area (Å²) in [5.41, 5.74) is 0. The van der Waals surface area contributed by atoms with Crippen LogP contribution in [0.25, 0.3) is 0 Å². The Kier molecular flexibility index (Phi) is 3.91. The van der Waals surface area contributed by atoms with E-state index >= 15 is 0 Å². The quantitative estimate of drug-likeness (QED) is 0.580. The smallest absolute Gasteiger partial charge is 0.323 e. The van der Waals surface area contributed by atoms with Gasteiger partial charge in [-0.1, -0.05) is 6.08 Å². The van der Waals surface area contributed by atoms with Crippen molar-refractivity contribution >= 4 is 16.0 Å². The van der Waals surface area contributed by atoms with E-state index in [1.165, 1.54) is 6.08 Å². The van der Waals surface area contributed by atoms with E-state index in [2.05, 4.69) is 11.3 Å². The van der Waals surface area contributed by atoms with Crippen LogP contribution in [-0.2, 0) is 14.8 Å². The van der Waals surface area contributed by atoms with E-state index in [1.54, 1.807) is 0 Å². The molecule has 6 heteroatoms. The average Bonchev–Trinajstić information content (AvgIpc) is 1.99. The molecule has 0 saturated heterocycles. The van der Waals surface area contributed by atoms with Gasteiger partial charge in [0.25, 0.3) is 0 Å². The second-order valence-corrected chi connectivity index (χ2v) is 4.25. The van der Waals surface area contributed by atoms with Crippen LogP contribution < -0.4 is 4.72 Å². The van der Waals surface area contributed by atoms with Crippen LogP contribution in [0.15, 0.2) is 12.7 Å². The molecule has 2 N–H and O–H groups in total. The van der Waals surface area contributed by atoms with Gasteiger partial charge in [0.1, 0.15) is 0 Å². The van der Waals surface area contributed by atoms with E-state index in [-0.39, 0.29) is 6.54 Å². The third kappa shape index (κ3) is 3.02. The lowest BCUT2D eigenvalue weighted by molar-refractivity contribution is -0.136. The zero-order valence-electron chi connectivity index (χ0n) is 6.65. The van der Waals surface area contributed by atoms with E-state index in [9.17, 15) is 13.2 Å². The molecular weight excluding hydrogens is 182 g/mol. The molecule has 0 radical (unpaired) electrons. The summed E-state index contributed by atoms with van der Waals surface area (Å²) in [5, 5.41) is 6.94. The monoisotopic (exact) mass is 193 g/mol. The first-order valence-corrected chi connectivity index (χ1v) is 4.78. The number of sulfonamides is 1. The van der Waals surface area contributed by atoms with E-state index in [4.69, 9.17) is 5.11 Å². The van der Waals surface area contributed by atoms with Crippen molar-refractivity contribution in [2.75, 3.05) is 6.54 Å². The summed E-state index contributed by atoms with van der Waals surface area (Å²) in [7, 11) is -3.74. The molecule has 70 valence electrons. The predicted octanol–water partition coefficient (Wildman–Crippen LogP) is -0.435. The van der Waals surface area contributed by atoms with Crippen molar-refractivity contribution < 1.29 is 18.3 Å². The first-order valence-electron chi connectivity index (χ1n) is 3.24. The zero-order chi connectivity index (χ0) is 9.78. The summed E-state index contributed by atoms with van der Waals surface area (Å²) in [6.07, 6.45) is 1.34. The van der Waals surface area contributed by atoms with Crippen LogP contribution in [0.5, 0.6) is 0 Å². The third-order valence-electron chi connectivity index (χ3n) is 1.24. The summed E-state index contributed by atoms with van der Waals surface area (Å²) in [5.74, 6) is -1.37. The summed E-state index contributed by atoms with van der Waals surface area (Å²) >= 11 is 0. The van der Waals surface area contributed by atoms with Gasteiger partial charge in [-0.15, -0.1) is 6.58 Å². The van der Waals surface area contributed by atoms with E-state index in [0.29, 0.717) is 0 Å². The van der Waals surface area contributed by atoms with Gasteiger partial charge in [0.2, 0.25) is 10.0 Å². The second-order valence-electron chi connectivity index (χ2n) is 2.16. The Hall–Kier alpha value is -0.880. The number of carbonyl (C=O) groups is 1. The first-order chi connectivity index (χ1) is 5.41. The standard InChI is InChI=1S/C6H11NO4S/c1-3-4-7-12(10,11)5(2)6(8)9/h3,5,7H,1,4H2,2H3,(H,8,9). The Morgan fingerprint density at radius 1 is 1.75 bits per heavy atom. The molecule has 0 aliphatic carbocycles. The number of carboxylic acids is 1. The van der Waals surface area contributed by atoms with Crippen molar-refractivity contribution in [2.24, 2.45) is 0 Å². The molecule has 0 bridgehead atoms. The Labute approximate surface area is 71.1 Å². The van der Waals surface area contributed by atoms with Gasteiger partial charge >= 0.3 is 5.97 Å². The molecule has 12 heavy (non-hydrogen) atoms. The maximum Gasteiger partial charge on any atom is 0.323 e. The van der Waals surface area contributed by atoms with Crippen LogP contribution in [0, 0.1) is 0 Å². The molecule has 0 aromatic rings. The zero-order valence-corrected chi connectivity index (χ0v) is 7.47. The second kappa shape index (κ2) is 4.22. The van der Waals surface area contributed by atoms with Gasteiger partial charge in [0.05, 0.1) is 0 Å². The molecule has 0 saturated carbocycles. The van der Waals surface area contributed by atoms with Crippen LogP contribution in [0.2, 0.25) is 0 Å². The van der Waals surface area contributed by atoms with Crippen molar-refractivity contribution in [3.05, 3.63) is 12.7 Å². The summed E-state index contributed by atoms with van der Waals surface area (Å²) in [6, 6.07) is 0.